The van der Waals surface area contributed by atoms with E-state index < -0.39 is 10.0 Å². The summed E-state index contributed by atoms with van der Waals surface area (Å²) in [5.41, 5.74) is 1.05. The van der Waals surface area contributed by atoms with Gasteiger partial charge in [-0.15, -0.1) is 0 Å². The van der Waals surface area contributed by atoms with Gasteiger partial charge in [0.1, 0.15) is 0 Å². The van der Waals surface area contributed by atoms with E-state index in [2.05, 4.69) is 17.1 Å². The molecule has 1 aromatic carbocycles. The lowest BCUT2D eigenvalue weighted by Crippen LogP contribution is -2.47. The van der Waals surface area contributed by atoms with Crippen molar-refractivity contribution in [3.05, 3.63) is 29.3 Å². The molecule has 1 amide bonds. The first-order chi connectivity index (χ1) is 11.8. The fourth-order valence-corrected chi connectivity index (χ4v) is 4.67. The number of amides is 1. The highest BCUT2D eigenvalue weighted by atomic mass is 32.2. The maximum absolute atomic E-state index is 13.0. The first-order valence-electron chi connectivity index (χ1n) is 8.86. The van der Waals surface area contributed by atoms with Gasteiger partial charge < -0.3 is 10.2 Å². The van der Waals surface area contributed by atoms with Crippen molar-refractivity contribution in [2.45, 2.75) is 44.6 Å². The van der Waals surface area contributed by atoms with E-state index in [9.17, 15) is 13.2 Å². The molecule has 1 heterocycles. The zero-order valence-electron chi connectivity index (χ0n) is 15.6. The van der Waals surface area contributed by atoms with E-state index >= 15 is 0 Å². The number of carbonyl (C=O) groups is 1. The molecular weight excluding hydrogens is 338 g/mol. The molecule has 0 bridgehead atoms. The van der Waals surface area contributed by atoms with Gasteiger partial charge in [-0.2, -0.15) is 4.31 Å². The van der Waals surface area contributed by atoms with E-state index in [0.29, 0.717) is 37.3 Å². The number of hydrogen-bond acceptors (Lipinski definition) is 4. The van der Waals surface area contributed by atoms with Crippen molar-refractivity contribution in [1.82, 2.24) is 14.5 Å². The highest BCUT2D eigenvalue weighted by Gasteiger charge is 2.29. The molecule has 140 valence electrons. The Morgan fingerprint density at radius 2 is 1.88 bits per heavy atom. The van der Waals surface area contributed by atoms with Gasteiger partial charge in [0.2, 0.25) is 10.0 Å². The van der Waals surface area contributed by atoms with Crippen LogP contribution in [-0.2, 0) is 10.0 Å². The summed E-state index contributed by atoms with van der Waals surface area (Å²) >= 11 is 0. The summed E-state index contributed by atoms with van der Waals surface area (Å²) in [6, 6.07) is 4.97. The van der Waals surface area contributed by atoms with E-state index in [1.54, 1.807) is 19.1 Å². The summed E-state index contributed by atoms with van der Waals surface area (Å²) < 4.78 is 27.5. The third-order valence-electron chi connectivity index (χ3n) is 4.63. The summed E-state index contributed by atoms with van der Waals surface area (Å²) in [7, 11) is -1.60. The van der Waals surface area contributed by atoms with Crippen LogP contribution >= 0.6 is 0 Å². The third kappa shape index (κ3) is 4.80. The Morgan fingerprint density at radius 3 is 2.48 bits per heavy atom. The van der Waals surface area contributed by atoms with E-state index in [1.165, 1.54) is 10.4 Å². The molecule has 25 heavy (non-hydrogen) atoms. The molecule has 0 spiro atoms. The van der Waals surface area contributed by atoms with Crippen molar-refractivity contribution in [3.8, 4) is 0 Å². The largest absolute Gasteiger partial charge is 0.350 e. The third-order valence-corrected chi connectivity index (χ3v) is 6.67. The fraction of sp³-hybridized carbons (Fsp3) is 0.611. The maximum Gasteiger partial charge on any atom is 0.251 e. The first kappa shape index (κ1) is 19.9. The number of aryl methyl sites for hydroxylation is 1. The van der Waals surface area contributed by atoms with Crippen molar-refractivity contribution in [3.63, 3.8) is 0 Å². The molecule has 1 N–H and O–H groups in total. The molecule has 0 aromatic heterocycles. The van der Waals surface area contributed by atoms with E-state index in [-0.39, 0.29) is 16.8 Å². The predicted molar refractivity (Wildman–Crippen MR) is 99.3 cm³/mol. The van der Waals surface area contributed by atoms with Crippen molar-refractivity contribution in [1.29, 1.82) is 0 Å². The summed E-state index contributed by atoms with van der Waals surface area (Å²) in [5, 5.41) is 2.93. The van der Waals surface area contributed by atoms with Crippen molar-refractivity contribution in [2.75, 3.05) is 33.2 Å². The van der Waals surface area contributed by atoms with Gasteiger partial charge in [0, 0.05) is 37.8 Å². The molecule has 1 fully saturated rings. The van der Waals surface area contributed by atoms with E-state index in [0.717, 1.165) is 12.8 Å². The fourth-order valence-electron chi connectivity index (χ4n) is 3.00. The molecule has 1 aromatic rings. The van der Waals surface area contributed by atoms with Gasteiger partial charge in [-0.3, -0.25) is 4.79 Å². The van der Waals surface area contributed by atoms with Gasteiger partial charge in [-0.25, -0.2) is 8.42 Å². The number of piperazine rings is 1. The van der Waals surface area contributed by atoms with Crippen LogP contribution in [0.3, 0.4) is 0 Å². The molecule has 1 saturated heterocycles. The number of rotatable bonds is 6. The number of carbonyl (C=O) groups excluding carboxylic acids is 1. The second-order valence-corrected chi connectivity index (χ2v) is 8.76. The van der Waals surface area contributed by atoms with E-state index in [1.807, 2.05) is 14.0 Å². The zero-order chi connectivity index (χ0) is 18.6. The number of hydrogen-bond donors (Lipinski definition) is 1. The minimum atomic E-state index is -3.58. The summed E-state index contributed by atoms with van der Waals surface area (Å²) in [5.74, 6) is -0.226. The van der Waals surface area contributed by atoms with Crippen LogP contribution in [0.25, 0.3) is 0 Å². The minimum absolute atomic E-state index is 0.0662. The second-order valence-electron chi connectivity index (χ2n) is 6.85. The van der Waals surface area contributed by atoms with Gasteiger partial charge in [0.05, 0.1) is 4.90 Å². The maximum atomic E-state index is 13.0. The van der Waals surface area contributed by atoms with Crippen LogP contribution in [-0.4, -0.2) is 62.8 Å². The van der Waals surface area contributed by atoms with Crippen molar-refractivity contribution < 1.29 is 13.2 Å². The Bertz CT molecular complexity index is 710. The topological polar surface area (TPSA) is 69.7 Å². The Morgan fingerprint density at radius 1 is 1.24 bits per heavy atom. The average Bonchev–Trinajstić information content (AvgIpc) is 2.55. The monoisotopic (exact) mass is 367 g/mol. The Labute approximate surface area is 151 Å². The highest BCUT2D eigenvalue weighted by Crippen LogP contribution is 2.22. The Kier molecular flexibility index (Phi) is 6.59. The van der Waals surface area contributed by atoms with Gasteiger partial charge in [-0.05, 0) is 45.0 Å². The van der Waals surface area contributed by atoms with Gasteiger partial charge >= 0.3 is 0 Å². The van der Waals surface area contributed by atoms with Crippen LogP contribution in [0.4, 0.5) is 0 Å². The summed E-state index contributed by atoms with van der Waals surface area (Å²) in [4.78, 5) is 14.8. The van der Waals surface area contributed by atoms with Gasteiger partial charge in [-0.1, -0.05) is 19.4 Å². The van der Waals surface area contributed by atoms with Crippen LogP contribution in [0, 0.1) is 6.92 Å². The van der Waals surface area contributed by atoms with Crippen molar-refractivity contribution in [2.24, 2.45) is 0 Å². The Balaban J connectivity index is 2.25. The molecule has 2 rings (SSSR count). The molecule has 0 radical (unpaired) electrons. The summed E-state index contributed by atoms with van der Waals surface area (Å²) in [6.07, 6.45) is 1.88. The molecule has 1 aliphatic rings. The smallest absolute Gasteiger partial charge is 0.251 e. The van der Waals surface area contributed by atoms with E-state index in [4.69, 9.17) is 0 Å². The van der Waals surface area contributed by atoms with Gasteiger partial charge in [0.15, 0.2) is 0 Å². The summed E-state index contributed by atoms with van der Waals surface area (Å²) in [6.45, 7) is 8.17. The molecule has 0 saturated carbocycles. The SMILES string of the molecule is CCC[C@H](C)NC(=O)c1ccc(C)c(S(=O)(=O)N2CCN(C)CC2)c1. The minimum Gasteiger partial charge on any atom is -0.350 e. The van der Waals surface area contributed by atoms with Crippen LogP contribution in [0.2, 0.25) is 0 Å². The number of nitrogens with zero attached hydrogens (tertiary/aromatic N) is 2. The lowest BCUT2D eigenvalue weighted by atomic mass is 10.1. The number of likely N-dealkylation sites (N-methyl/N-ethyl adjacent to an activating group) is 1. The second kappa shape index (κ2) is 8.29. The molecule has 6 nitrogen and oxygen atoms in total. The Hall–Kier alpha value is -1.44. The normalized spacial score (nSPS) is 18.1. The standard InChI is InChI=1S/C18H29N3O3S/c1-5-6-15(3)19-18(22)16-8-7-14(2)17(13-16)25(23,24)21-11-9-20(4)10-12-21/h7-8,13,15H,5-6,9-12H2,1-4H3,(H,19,22)/t15-/m0/s1. The predicted octanol–water partition coefficient (Wildman–Crippen LogP) is 1.85. The number of sulfonamides is 1. The van der Waals surface area contributed by atoms with Crippen molar-refractivity contribution >= 4 is 15.9 Å². The molecule has 0 unspecified atom stereocenters. The van der Waals surface area contributed by atoms with Crippen LogP contribution in [0.1, 0.15) is 42.6 Å². The zero-order valence-corrected chi connectivity index (χ0v) is 16.4. The lowest BCUT2D eigenvalue weighted by Gasteiger charge is -2.32. The highest BCUT2D eigenvalue weighted by molar-refractivity contribution is 7.89. The molecule has 1 aliphatic heterocycles. The molecule has 0 aliphatic carbocycles. The molecule has 1 atom stereocenters. The molecule has 7 heteroatoms. The van der Waals surface area contributed by atoms with Crippen LogP contribution in [0.5, 0.6) is 0 Å². The quantitative estimate of drug-likeness (QED) is 0.833. The first-order valence-corrected chi connectivity index (χ1v) is 10.3. The van der Waals surface area contributed by atoms with Crippen LogP contribution < -0.4 is 5.32 Å². The average molecular weight is 368 g/mol. The number of benzene rings is 1. The lowest BCUT2D eigenvalue weighted by molar-refractivity contribution is 0.0938. The van der Waals surface area contributed by atoms with Gasteiger partial charge in [0.25, 0.3) is 5.91 Å². The number of nitrogens with one attached hydrogen (secondary N) is 1. The van der Waals surface area contributed by atoms with Crippen LogP contribution in [0.15, 0.2) is 23.1 Å². The molecular formula is C18H29N3O3S.